The van der Waals surface area contributed by atoms with Gasteiger partial charge >= 0.3 is 5.97 Å². The summed E-state index contributed by atoms with van der Waals surface area (Å²) in [7, 11) is 0. The van der Waals surface area contributed by atoms with Crippen LogP contribution in [0.15, 0.2) is 84.3 Å². The fraction of sp³-hybridized carbons (Fsp3) is 0.469. The van der Waals surface area contributed by atoms with E-state index in [4.69, 9.17) is 0 Å². The van der Waals surface area contributed by atoms with Crippen molar-refractivity contribution in [1.29, 1.82) is 0 Å². The summed E-state index contributed by atoms with van der Waals surface area (Å²) in [6.45, 7) is 5.82. The summed E-state index contributed by atoms with van der Waals surface area (Å²) in [6.07, 6.45) is 6.34. The van der Waals surface area contributed by atoms with Crippen molar-refractivity contribution in [2.24, 2.45) is 10.8 Å². The van der Waals surface area contributed by atoms with Gasteiger partial charge in [-0.25, -0.2) is 0 Å². The summed E-state index contributed by atoms with van der Waals surface area (Å²) < 4.78 is 0. The van der Waals surface area contributed by atoms with Gasteiger partial charge in [-0.15, -0.1) is 0 Å². The summed E-state index contributed by atoms with van der Waals surface area (Å²) in [5.41, 5.74) is -1.66. The maximum Gasteiger partial charge on any atom is 0.310 e. The molecule has 2 aromatic rings. The number of piperidine rings is 1. The number of carboxylic acids is 1. The molecule has 1 heterocycles. The molecule has 3 atom stereocenters. The third-order valence-electron chi connectivity index (χ3n) is 8.87. The Balaban J connectivity index is 1.80. The van der Waals surface area contributed by atoms with Crippen LogP contribution in [0.5, 0.6) is 0 Å². The normalized spacial score (nSPS) is 23.4. The lowest BCUT2D eigenvalue weighted by atomic mass is 9.58. The van der Waals surface area contributed by atoms with E-state index in [1.165, 1.54) is 0 Å². The zero-order chi connectivity index (χ0) is 27.6. The van der Waals surface area contributed by atoms with Crippen molar-refractivity contribution in [1.82, 2.24) is 4.90 Å². The SMILES string of the molecule is CCCC(O)C1(C(C)(C)C(=O)O)C=CC(N2CCCCC2C(O)(c2ccccc2)c2ccccc2)=C(O)C1. The molecular weight excluding hydrogens is 478 g/mol. The minimum atomic E-state index is -1.33. The highest BCUT2D eigenvalue weighted by Crippen LogP contribution is 2.52. The number of hydrogen-bond acceptors (Lipinski definition) is 5. The summed E-state index contributed by atoms with van der Waals surface area (Å²) in [5.74, 6) is -0.973. The van der Waals surface area contributed by atoms with Gasteiger partial charge in [-0.2, -0.15) is 0 Å². The van der Waals surface area contributed by atoms with E-state index in [1.54, 1.807) is 26.0 Å². The van der Waals surface area contributed by atoms with Crippen molar-refractivity contribution in [3.8, 4) is 0 Å². The number of aliphatic carboxylic acids is 1. The molecule has 0 aromatic heterocycles. The molecule has 2 aliphatic rings. The average Bonchev–Trinajstić information content (AvgIpc) is 2.93. The Morgan fingerprint density at radius 2 is 1.63 bits per heavy atom. The molecule has 6 nitrogen and oxygen atoms in total. The Bertz CT molecular complexity index is 1130. The van der Waals surface area contributed by atoms with E-state index in [1.807, 2.05) is 67.6 Å². The molecule has 0 radical (unpaired) electrons. The van der Waals surface area contributed by atoms with Crippen LogP contribution in [0, 0.1) is 10.8 Å². The summed E-state index contributed by atoms with van der Waals surface area (Å²) in [4.78, 5) is 14.4. The van der Waals surface area contributed by atoms with Crippen LogP contribution >= 0.6 is 0 Å². The van der Waals surface area contributed by atoms with Gasteiger partial charge in [-0.1, -0.05) is 80.1 Å². The van der Waals surface area contributed by atoms with Crippen molar-refractivity contribution < 1.29 is 25.2 Å². The number of carbonyl (C=O) groups is 1. The Labute approximate surface area is 225 Å². The molecule has 0 saturated carbocycles. The highest BCUT2D eigenvalue weighted by molar-refractivity contribution is 5.76. The quantitative estimate of drug-likeness (QED) is 0.336. The highest BCUT2D eigenvalue weighted by atomic mass is 16.4. The van der Waals surface area contributed by atoms with Gasteiger partial charge in [-0.05, 0) is 56.7 Å². The van der Waals surface area contributed by atoms with Crippen LogP contribution in [0.25, 0.3) is 0 Å². The van der Waals surface area contributed by atoms with Gasteiger partial charge in [0.2, 0.25) is 0 Å². The molecule has 2 aromatic carbocycles. The van der Waals surface area contributed by atoms with Crippen LogP contribution in [-0.2, 0) is 10.4 Å². The van der Waals surface area contributed by atoms with E-state index in [0.717, 1.165) is 30.4 Å². The Morgan fingerprint density at radius 3 is 2.13 bits per heavy atom. The van der Waals surface area contributed by atoms with E-state index in [2.05, 4.69) is 4.90 Å². The second-order valence-corrected chi connectivity index (χ2v) is 11.3. The first-order chi connectivity index (χ1) is 18.1. The zero-order valence-electron chi connectivity index (χ0n) is 22.7. The van der Waals surface area contributed by atoms with Crippen LogP contribution in [-0.4, -0.2) is 50.0 Å². The summed E-state index contributed by atoms with van der Waals surface area (Å²) in [5, 5.41) is 45.4. The molecule has 0 spiro atoms. The molecule has 38 heavy (non-hydrogen) atoms. The molecule has 4 N–H and O–H groups in total. The predicted molar refractivity (Wildman–Crippen MR) is 148 cm³/mol. The fourth-order valence-corrected chi connectivity index (χ4v) is 6.41. The second-order valence-electron chi connectivity index (χ2n) is 11.3. The maximum absolute atomic E-state index is 12.5. The van der Waals surface area contributed by atoms with Gasteiger partial charge in [-0.3, -0.25) is 4.79 Å². The summed E-state index contributed by atoms with van der Waals surface area (Å²) >= 11 is 0. The number of likely N-dealkylation sites (tertiary alicyclic amines) is 1. The maximum atomic E-state index is 12.5. The lowest BCUT2D eigenvalue weighted by Crippen LogP contribution is -2.55. The first kappa shape index (κ1) is 27.9. The molecule has 1 saturated heterocycles. The van der Waals surface area contributed by atoms with E-state index in [-0.39, 0.29) is 18.2 Å². The van der Waals surface area contributed by atoms with Crippen LogP contribution in [0.2, 0.25) is 0 Å². The van der Waals surface area contributed by atoms with E-state index < -0.39 is 28.5 Å². The van der Waals surface area contributed by atoms with Gasteiger partial charge in [0.15, 0.2) is 0 Å². The van der Waals surface area contributed by atoms with Crippen LogP contribution in [0.1, 0.15) is 70.4 Å². The van der Waals surface area contributed by atoms with Crippen molar-refractivity contribution >= 4 is 5.97 Å². The van der Waals surface area contributed by atoms with Gasteiger partial charge in [0.05, 0.1) is 23.3 Å². The number of nitrogens with zero attached hydrogens (tertiary/aromatic N) is 1. The van der Waals surface area contributed by atoms with Crippen LogP contribution in [0.4, 0.5) is 0 Å². The fourth-order valence-electron chi connectivity index (χ4n) is 6.41. The topological polar surface area (TPSA) is 101 Å². The van der Waals surface area contributed by atoms with Crippen molar-refractivity contribution in [3.05, 3.63) is 95.4 Å². The number of allylic oxidation sites excluding steroid dienone is 2. The third kappa shape index (κ3) is 4.65. The molecule has 1 aliphatic heterocycles. The molecule has 6 heteroatoms. The molecule has 204 valence electrons. The predicted octanol–water partition coefficient (Wildman–Crippen LogP) is 5.76. The largest absolute Gasteiger partial charge is 0.510 e. The third-order valence-corrected chi connectivity index (χ3v) is 8.87. The molecular formula is C32H41NO5. The number of benzene rings is 2. The van der Waals surface area contributed by atoms with Crippen LogP contribution in [0.3, 0.4) is 0 Å². The lowest BCUT2D eigenvalue weighted by molar-refractivity contribution is -0.159. The second kappa shape index (κ2) is 11.0. The standard InChI is InChI=1S/C32H41NO5/c1-4-13-28(35)31(30(2,3)29(36)37)20-19-25(26(34)22-31)33-21-12-11-18-27(33)32(38,23-14-7-5-8-15-23)24-16-9-6-10-17-24/h5-10,14-17,19-20,27-28,34-35,38H,4,11-13,18,21-22H2,1-3H3,(H,36,37). The Morgan fingerprint density at radius 1 is 1.05 bits per heavy atom. The zero-order valence-corrected chi connectivity index (χ0v) is 22.7. The average molecular weight is 520 g/mol. The Kier molecular flexibility index (Phi) is 8.05. The highest BCUT2D eigenvalue weighted by Gasteiger charge is 2.55. The van der Waals surface area contributed by atoms with E-state index in [9.17, 15) is 25.2 Å². The number of carboxylic acid groups (broad SMARTS) is 1. The van der Waals surface area contributed by atoms with Gasteiger partial charge in [0.25, 0.3) is 0 Å². The minimum absolute atomic E-state index is 0.0115. The molecule has 1 aliphatic carbocycles. The van der Waals surface area contributed by atoms with Crippen molar-refractivity contribution in [3.63, 3.8) is 0 Å². The first-order valence-electron chi connectivity index (χ1n) is 13.7. The lowest BCUT2D eigenvalue weighted by Gasteiger charge is -2.50. The molecule has 0 amide bonds. The first-order valence-corrected chi connectivity index (χ1v) is 13.7. The monoisotopic (exact) mass is 519 g/mol. The van der Waals surface area contributed by atoms with E-state index in [0.29, 0.717) is 25.1 Å². The van der Waals surface area contributed by atoms with Gasteiger partial charge in [0, 0.05) is 18.4 Å². The molecule has 1 fully saturated rings. The molecule has 0 bridgehead atoms. The van der Waals surface area contributed by atoms with Crippen molar-refractivity contribution in [2.45, 2.75) is 77.0 Å². The number of aliphatic hydroxyl groups is 3. The Hall–Kier alpha value is -3.09. The molecule has 3 unspecified atom stereocenters. The smallest absolute Gasteiger partial charge is 0.310 e. The number of aliphatic hydroxyl groups excluding tert-OH is 2. The van der Waals surface area contributed by atoms with Gasteiger partial charge in [0.1, 0.15) is 11.4 Å². The van der Waals surface area contributed by atoms with Crippen molar-refractivity contribution in [2.75, 3.05) is 6.54 Å². The van der Waals surface area contributed by atoms with E-state index >= 15 is 0 Å². The minimum Gasteiger partial charge on any atom is -0.510 e. The molecule has 4 rings (SSSR count). The van der Waals surface area contributed by atoms with Crippen LogP contribution < -0.4 is 0 Å². The number of hydrogen-bond donors (Lipinski definition) is 4. The number of rotatable bonds is 9. The summed E-state index contributed by atoms with van der Waals surface area (Å²) in [6, 6.07) is 18.9. The van der Waals surface area contributed by atoms with Gasteiger partial charge < -0.3 is 25.3 Å².